The summed E-state index contributed by atoms with van der Waals surface area (Å²) in [6.45, 7) is 6.83. The molecule has 0 unspecified atom stereocenters. The molecule has 6 heteroatoms. The molecule has 0 fully saturated rings. The fourth-order valence-electron chi connectivity index (χ4n) is 2.60. The van der Waals surface area contributed by atoms with E-state index in [2.05, 4.69) is 10.6 Å². The predicted octanol–water partition coefficient (Wildman–Crippen LogP) is 2.49. The molecule has 1 aliphatic rings. The Morgan fingerprint density at radius 1 is 1.32 bits per heavy atom. The van der Waals surface area contributed by atoms with Crippen molar-refractivity contribution in [2.45, 2.75) is 26.8 Å². The van der Waals surface area contributed by atoms with Gasteiger partial charge in [0.25, 0.3) is 5.91 Å². The van der Waals surface area contributed by atoms with E-state index in [0.29, 0.717) is 35.0 Å². The molecule has 0 radical (unpaired) electrons. The summed E-state index contributed by atoms with van der Waals surface area (Å²) in [5.41, 5.74) is 1.58. The normalized spacial score (nSPS) is 17.8. The molecule has 0 bridgehead atoms. The van der Waals surface area contributed by atoms with Crippen molar-refractivity contribution in [2.24, 2.45) is 0 Å². The maximum absolute atomic E-state index is 14.2. The summed E-state index contributed by atoms with van der Waals surface area (Å²) in [7, 11) is 0. The summed E-state index contributed by atoms with van der Waals surface area (Å²) in [5, 5.41) is 6.37. The molecule has 1 heterocycles. The smallest absolute Gasteiger partial charge is 0.253 e. The van der Waals surface area contributed by atoms with Crippen LogP contribution >= 0.6 is 12.2 Å². The van der Waals surface area contributed by atoms with Gasteiger partial charge in [-0.1, -0.05) is 18.2 Å². The number of thiocarbonyl (C=S) groups is 1. The van der Waals surface area contributed by atoms with Gasteiger partial charge < -0.3 is 15.5 Å². The monoisotopic (exact) mass is 321 g/mol. The molecule has 0 saturated carbocycles. The van der Waals surface area contributed by atoms with E-state index in [1.54, 1.807) is 30.0 Å². The number of likely N-dealkylation sites (N-methyl/N-ethyl adjacent to an activating group) is 1. The van der Waals surface area contributed by atoms with Gasteiger partial charge in [-0.25, -0.2) is 4.39 Å². The Labute approximate surface area is 135 Å². The Hall–Kier alpha value is -1.95. The first-order valence-corrected chi connectivity index (χ1v) is 7.72. The fourth-order valence-corrected chi connectivity index (χ4v) is 2.87. The topological polar surface area (TPSA) is 44.4 Å². The number of hydrogen-bond donors (Lipinski definition) is 2. The Bertz CT molecular complexity index is 626. The number of nitrogens with one attached hydrogen (secondary N) is 2. The van der Waals surface area contributed by atoms with Crippen molar-refractivity contribution in [3.63, 3.8) is 0 Å². The zero-order valence-corrected chi connectivity index (χ0v) is 13.8. The van der Waals surface area contributed by atoms with E-state index in [1.807, 2.05) is 13.8 Å². The van der Waals surface area contributed by atoms with Crippen LogP contribution in [0.4, 0.5) is 4.39 Å². The van der Waals surface area contributed by atoms with Gasteiger partial charge in [-0.05, 0) is 39.1 Å². The van der Waals surface area contributed by atoms with E-state index in [4.69, 9.17) is 12.2 Å². The Morgan fingerprint density at radius 3 is 2.55 bits per heavy atom. The second kappa shape index (κ2) is 6.87. The molecule has 1 amide bonds. The maximum Gasteiger partial charge on any atom is 0.253 e. The van der Waals surface area contributed by atoms with Crippen LogP contribution in [0.3, 0.4) is 0 Å². The van der Waals surface area contributed by atoms with Crippen molar-refractivity contribution in [2.75, 3.05) is 13.1 Å². The van der Waals surface area contributed by atoms with E-state index >= 15 is 0 Å². The van der Waals surface area contributed by atoms with Crippen molar-refractivity contribution in [1.82, 2.24) is 15.5 Å². The van der Waals surface area contributed by atoms with Crippen LogP contribution in [-0.4, -0.2) is 29.0 Å². The van der Waals surface area contributed by atoms with Gasteiger partial charge in [-0.15, -0.1) is 0 Å². The molecule has 2 N–H and O–H groups in total. The first kappa shape index (κ1) is 16.4. The van der Waals surface area contributed by atoms with E-state index in [-0.39, 0.29) is 11.7 Å². The molecule has 1 aromatic rings. The van der Waals surface area contributed by atoms with E-state index < -0.39 is 6.04 Å². The quantitative estimate of drug-likeness (QED) is 0.836. The minimum atomic E-state index is -0.581. The highest BCUT2D eigenvalue weighted by Crippen LogP contribution is 2.29. The lowest BCUT2D eigenvalue weighted by Gasteiger charge is -2.33. The predicted molar refractivity (Wildman–Crippen MR) is 88.6 cm³/mol. The molecule has 1 aromatic carbocycles. The Morgan fingerprint density at radius 2 is 1.95 bits per heavy atom. The maximum atomic E-state index is 14.2. The molecular weight excluding hydrogens is 301 g/mol. The highest BCUT2D eigenvalue weighted by Gasteiger charge is 2.33. The first-order chi connectivity index (χ1) is 10.5. The fraction of sp³-hybridized carbons (Fsp3) is 0.375. The van der Waals surface area contributed by atoms with Gasteiger partial charge >= 0.3 is 0 Å². The minimum absolute atomic E-state index is 0.113. The van der Waals surface area contributed by atoms with Crippen molar-refractivity contribution in [3.8, 4) is 0 Å². The lowest BCUT2D eigenvalue weighted by molar-refractivity contribution is -0.127. The van der Waals surface area contributed by atoms with Gasteiger partial charge in [0.15, 0.2) is 5.11 Å². The second-order valence-corrected chi connectivity index (χ2v) is 5.48. The van der Waals surface area contributed by atoms with Gasteiger partial charge in [-0.3, -0.25) is 4.79 Å². The van der Waals surface area contributed by atoms with Gasteiger partial charge in [0.2, 0.25) is 0 Å². The molecule has 1 aliphatic heterocycles. The minimum Gasteiger partial charge on any atom is -0.351 e. The summed E-state index contributed by atoms with van der Waals surface area (Å²) >= 11 is 5.16. The number of halogens is 1. The van der Waals surface area contributed by atoms with Crippen molar-refractivity contribution in [3.05, 3.63) is 46.9 Å². The van der Waals surface area contributed by atoms with Gasteiger partial charge in [-0.2, -0.15) is 0 Å². The summed E-state index contributed by atoms with van der Waals surface area (Å²) in [5.74, 6) is -0.472. The second-order valence-electron chi connectivity index (χ2n) is 5.07. The molecule has 0 aromatic heterocycles. The number of nitrogens with zero attached hydrogens (tertiary/aromatic N) is 1. The summed E-state index contributed by atoms with van der Waals surface area (Å²) < 4.78 is 14.2. The summed E-state index contributed by atoms with van der Waals surface area (Å²) in [6.07, 6.45) is 0. The Balaban J connectivity index is 2.50. The van der Waals surface area contributed by atoms with E-state index in [9.17, 15) is 9.18 Å². The molecule has 1 atom stereocenters. The number of hydrogen-bond acceptors (Lipinski definition) is 2. The number of benzene rings is 1. The summed E-state index contributed by atoms with van der Waals surface area (Å²) in [4.78, 5) is 14.5. The third kappa shape index (κ3) is 3.11. The molecule has 0 spiro atoms. The van der Waals surface area contributed by atoms with Crippen molar-refractivity contribution < 1.29 is 9.18 Å². The average molecular weight is 321 g/mol. The molecular formula is C16H20FN3OS. The standard InChI is InChI=1S/C16H20FN3OS/c1-4-20(5-2)15(21)13-10(3)18-16(22)19-14(13)11-8-6-7-9-12(11)17/h6-9,14H,4-5H2,1-3H3,(H2,18,19,22)/t14-/m0/s1. The van der Waals surface area contributed by atoms with Crippen LogP contribution in [0.1, 0.15) is 32.4 Å². The number of carbonyl (C=O) groups is 1. The average Bonchev–Trinajstić information content (AvgIpc) is 2.48. The number of amides is 1. The van der Waals surface area contributed by atoms with Gasteiger partial charge in [0.1, 0.15) is 5.82 Å². The SMILES string of the molecule is CCN(CC)C(=O)C1=C(C)NC(=S)N[C@H]1c1ccccc1F. The van der Waals surface area contributed by atoms with Crippen molar-refractivity contribution in [1.29, 1.82) is 0 Å². The van der Waals surface area contributed by atoms with Crippen LogP contribution in [0, 0.1) is 5.82 Å². The van der Waals surface area contributed by atoms with Crippen LogP contribution in [-0.2, 0) is 4.79 Å². The first-order valence-electron chi connectivity index (χ1n) is 7.31. The van der Waals surface area contributed by atoms with Gasteiger partial charge in [0, 0.05) is 24.4 Å². The lowest BCUT2D eigenvalue weighted by Crippen LogP contribution is -2.47. The molecule has 118 valence electrons. The third-order valence-corrected chi connectivity index (χ3v) is 3.99. The van der Waals surface area contributed by atoms with Crippen LogP contribution in [0.2, 0.25) is 0 Å². The van der Waals surface area contributed by atoms with Gasteiger partial charge in [0.05, 0.1) is 11.6 Å². The van der Waals surface area contributed by atoms with Crippen LogP contribution < -0.4 is 10.6 Å². The lowest BCUT2D eigenvalue weighted by atomic mass is 9.94. The molecule has 2 rings (SSSR count). The van der Waals surface area contributed by atoms with E-state index in [1.165, 1.54) is 6.07 Å². The highest BCUT2D eigenvalue weighted by atomic mass is 32.1. The van der Waals surface area contributed by atoms with Crippen molar-refractivity contribution >= 4 is 23.2 Å². The molecule has 0 aliphatic carbocycles. The molecule has 0 saturated heterocycles. The van der Waals surface area contributed by atoms with Crippen LogP contribution in [0.15, 0.2) is 35.5 Å². The number of carbonyl (C=O) groups excluding carboxylic acids is 1. The molecule has 22 heavy (non-hydrogen) atoms. The zero-order valence-electron chi connectivity index (χ0n) is 12.9. The van der Waals surface area contributed by atoms with Crippen LogP contribution in [0.5, 0.6) is 0 Å². The third-order valence-electron chi connectivity index (χ3n) is 3.77. The molecule has 4 nitrogen and oxygen atoms in total. The zero-order chi connectivity index (χ0) is 16.3. The Kier molecular flexibility index (Phi) is 5.13. The number of allylic oxidation sites excluding steroid dienone is 1. The highest BCUT2D eigenvalue weighted by molar-refractivity contribution is 7.80. The number of rotatable bonds is 4. The summed E-state index contributed by atoms with van der Waals surface area (Å²) in [6, 6.07) is 5.85. The van der Waals surface area contributed by atoms with E-state index in [0.717, 1.165) is 0 Å². The largest absolute Gasteiger partial charge is 0.351 e. The van der Waals surface area contributed by atoms with Crippen LogP contribution in [0.25, 0.3) is 0 Å².